The molecule has 0 aliphatic carbocycles. The van der Waals surface area contributed by atoms with Gasteiger partial charge in [-0.2, -0.15) is 0 Å². The summed E-state index contributed by atoms with van der Waals surface area (Å²) in [5.41, 5.74) is 7.54. The Kier molecular flexibility index (Phi) is 4.49. The van der Waals surface area contributed by atoms with E-state index in [1.165, 1.54) is 0 Å². The Bertz CT molecular complexity index is 261. The van der Waals surface area contributed by atoms with Gasteiger partial charge in [-0.25, -0.2) is 0 Å². The van der Waals surface area contributed by atoms with E-state index >= 15 is 0 Å². The third-order valence-electron chi connectivity index (χ3n) is 1.83. The lowest BCUT2D eigenvalue weighted by molar-refractivity contribution is 0.120. The fraction of sp³-hybridized carbons (Fsp3) is 0.600. The third-order valence-corrected chi connectivity index (χ3v) is 1.83. The summed E-state index contributed by atoms with van der Waals surface area (Å²) >= 11 is 0. The molecule has 1 aromatic heterocycles. The van der Waals surface area contributed by atoms with E-state index in [4.69, 9.17) is 10.5 Å². The monoisotopic (exact) mass is 195 g/mol. The Morgan fingerprint density at radius 1 is 1.43 bits per heavy atom. The smallest absolute Gasteiger partial charge is 0.0777 e. The van der Waals surface area contributed by atoms with Gasteiger partial charge in [0.2, 0.25) is 0 Å². The molecule has 0 aromatic carbocycles. The molecule has 0 radical (unpaired) electrons. The molecule has 1 unspecified atom stereocenters. The van der Waals surface area contributed by atoms with E-state index in [0.717, 1.165) is 24.4 Å². The van der Waals surface area contributed by atoms with Crippen molar-refractivity contribution in [1.82, 2.24) is 9.97 Å². The van der Waals surface area contributed by atoms with Gasteiger partial charge >= 0.3 is 0 Å². The molecule has 1 heterocycles. The third kappa shape index (κ3) is 3.40. The Morgan fingerprint density at radius 3 is 2.79 bits per heavy atom. The molecule has 2 N–H and O–H groups in total. The molecule has 0 bridgehead atoms. The molecule has 0 amide bonds. The molecule has 1 rings (SSSR count). The molecule has 1 atom stereocenters. The summed E-state index contributed by atoms with van der Waals surface area (Å²) in [5, 5.41) is 0. The SMILES string of the molecule is CCCOCC(N)c1cnc(C)cn1. The molecule has 0 fully saturated rings. The average molecular weight is 195 g/mol. The van der Waals surface area contributed by atoms with Crippen molar-refractivity contribution in [3.05, 3.63) is 23.8 Å². The van der Waals surface area contributed by atoms with Crippen LogP contribution in [-0.2, 0) is 4.74 Å². The van der Waals surface area contributed by atoms with Crippen molar-refractivity contribution < 1.29 is 4.74 Å². The molecule has 0 aliphatic rings. The van der Waals surface area contributed by atoms with Crippen molar-refractivity contribution in [2.24, 2.45) is 5.73 Å². The molecule has 78 valence electrons. The number of ether oxygens (including phenoxy) is 1. The normalized spacial score (nSPS) is 12.8. The fourth-order valence-corrected chi connectivity index (χ4v) is 1.03. The van der Waals surface area contributed by atoms with E-state index in [1.54, 1.807) is 12.4 Å². The zero-order valence-electron chi connectivity index (χ0n) is 8.73. The standard InChI is InChI=1S/C10H17N3O/c1-3-4-14-7-9(11)10-6-12-8(2)5-13-10/h5-6,9H,3-4,7,11H2,1-2H3. The summed E-state index contributed by atoms with van der Waals surface area (Å²) in [5.74, 6) is 0. The summed E-state index contributed by atoms with van der Waals surface area (Å²) in [6.45, 7) is 5.21. The molecule has 0 saturated heterocycles. The molecular formula is C10H17N3O. The van der Waals surface area contributed by atoms with Crippen LogP contribution in [0.1, 0.15) is 30.8 Å². The van der Waals surface area contributed by atoms with Crippen LogP contribution in [0.3, 0.4) is 0 Å². The van der Waals surface area contributed by atoms with Gasteiger partial charge in [0.1, 0.15) is 0 Å². The molecule has 4 nitrogen and oxygen atoms in total. The maximum absolute atomic E-state index is 5.86. The number of hydrogen-bond donors (Lipinski definition) is 1. The first-order chi connectivity index (χ1) is 6.74. The maximum Gasteiger partial charge on any atom is 0.0777 e. The second-order valence-corrected chi connectivity index (χ2v) is 3.26. The highest BCUT2D eigenvalue weighted by Gasteiger charge is 2.07. The topological polar surface area (TPSA) is 61.0 Å². The number of aromatic nitrogens is 2. The largest absolute Gasteiger partial charge is 0.379 e. The van der Waals surface area contributed by atoms with E-state index < -0.39 is 0 Å². The van der Waals surface area contributed by atoms with E-state index in [2.05, 4.69) is 16.9 Å². The lowest BCUT2D eigenvalue weighted by Crippen LogP contribution is -2.19. The van der Waals surface area contributed by atoms with Crippen molar-refractivity contribution in [2.45, 2.75) is 26.3 Å². The Morgan fingerprint density at radius 2 is 2.21 bits per heavy atom. The number of nitrogens with zero attached hydrogens (tertiary/aromatic N) is 2. The van der Waals surface area contributed by atoms with Gasteiger partial charge in [-0.3, -0.25) is 9.97 Å². The predicted octanol–water partition coefficient (Wildman–Crippen LogP) is 1.21. The first kappa shape index (κ1) is 11.1. The first-order valence-electron chi connectivity index (χ1n) is 4.86. The van der Waals surface area contributed by atoms with Crippen molar-refractivity contribution >= 4 is 0 Å². The molecule has 1 aromatic rings. The highest BCUT2D eigenvalue weighted by atomic mass is 16.5. The van der Waals surface area contributed by atoms with Gasteiger partial charge in [-0.05, 0) is 13.3 Å². The fourth-order valence-electron chi connectivity index (χ4n) is 1.03. The van der Waals surface area contributed by atoms with Crippen LogP contribution in [0, 0.1) is 6.92 Å². The van der Waals surface area contributed by atoms with E-state index in [1.807, 2.05) is 6.92 Å². The van der Waals surface area contributed by atoms with Gasteiger partial charge in [-0.1, -0.05) is 6.92 Å². The molecule has 0 saturated carbocycles. The van der Waals surface area contributed by atoms with Crippen LogP contribution < -0.4 is 5.73 Å². The minimum Gasteiger partial charge on any atom is -0.379 e. The zero-order valence-corrected chi connectivity index (χ0v) is 8.73. The van der Waals surface area contributed by atoms with Crippen molar-refractivity contribution in [3.8, 4) is 0 Å². The average Bonchev–Trinajstić information content (AvgIpc) is 2.19. The van der Waals surface area contributed by atoms with Crippen molar-refractivity contribution in [3.63, 3.8) is 0 Å². The van der Waals surface area contributed by atoms with E-state index in [0.29, 0.717) is 6.61 Å². The van der Waals surface area contributed by atoms with E-state index in [-0.39, 0.29) is 6.04 Å². The summed E-state index contributed by atoms with van der Waals surface area (Å²) < 4.78 is 5.34. The second-order valence-electron chi connectivity index (χ2n) is 3.26. The Hall–Kier alpha value is -1.00. The van der Waals surface area contributed by atoms with Gasteiger partial charge in [0, 0.05) is 12.8 Å². The van der Waals surface area contributed by atoms with Crippen molar-refractivity contribution in [1.29, 1.82) is 0 Å². The van der Waals surface area contributed by atoms with Gasteiger partial charge in [0.05, 0.1) is 30.2 Å². The van der Waals surface area contributed by atoms with Crippen LogP contribution in [0.25, 0.3) is 0 Å². The molecule has 4 heteroatoms. The van der Waals surface area contributed by atoms with Gasteiger partial charge < -0.3 is 10.5 Å². The van der Waals surface area contributed by atoms with Gasteiger partial charge in [0.15, 0.2) is 0 Å². The number of rotatable bonds is 5. The van der Waals surface area contributed by atoms with Crippen molar-refractivity contribution in [2.75, 3.05) is 13.2 Å². The van der Waals surface area contributed by atoms with Crippen LogP contribution >= 0.6 is 0 Å². The highest BCUT2D eigenvalue weighted by molar-refractivity contribution is 5.04. The Labute approximate surface area is 84.5 Å². The van der Waals surface area contributed by atoms with Crippen LogP contribution in [0.4, 0.5) is 0 Å². The summed E-state index contributed by atoms with van der Waals surface area (Å²) in [6, 6.07) is -0.172. The summed E-state index contributed by atoms with van der Waals surface area (Å²) in [6.07, 6.45) is 4.43. The number of aryl methyl sites for hydroxylation is 1. The molecular weight excluding hydrogens is 178 g/mol. The number of hydrogen-bond acceptors (Lipinski definition) is 4. The Balaban J connectivity index is 2.43. The second kappa shape index (κ2) is 5.67. The van der Waals surface area contributed by atoms with Crippen LogP contribution in [0.5, 0.6) is 0 Å². The first-order valence-corrected chi connectivity index (χ1v) is 4.86. The maximum atomic E-state index is 5.86. The van der Waals surface area contributed by atoms with Crippen LogP contribution in [0.15, 0.2) is 12.4 Å². The van der Waals surface area contributed by atoms with Gasteiger partial charge in [0.25, 0.3) is 0 Å². The summed E-state index contributed by atoms with van der Waals surface area (Å²) in [4.78, 5) is 8.32. The molecule has 0 aliphatic heterocycles. The lowest BCUT2D eigenvalue weighted by atomic mass is 10.2. The lowest BCUT2D eigenvalue weighted by Gasteiger charge is -2.10. The van der Waals surface area contributed by atoms with Gasteiger partial charge in [-0.15, -0.1) is 0 Å². The minimum atomic E-state index is -0.172. The molecule has 14 heavy (non-hydrogen) atoms. The summed E-state index contributed by atoms with van der Waals surface area (Å²) in [7, 11) is 0. The molecule has 0 spiro atoms. The van der Waals surface area contributed by atoms with E-state index in [9.17, 15) is 0 Å². The van der Waals surface area contributed by atoms with Crippen LogP contribution in [-0.4, -0.2) is 23.2 Å². The highest BCUT2D eigenvalue weighted by Crippen LogP contribution is 2.05. The predicted molar refractivity (Wildman–Crippen MR) is 54.8 cm³/mol. The quantitative estimate of drug-likeness (QED) is 0.717. The number of nitrogens with two attached hydrogens (primary N) is 1. The minimum absolute atomic E-state index is 0.172. The zero-order chi connectivity index (χ0) is 10.4. The van der Waals surface area contributed by atoms with Crippen LogP contribution in [0.2, 0.25) is 0 Å².